The summed E-state index contributed by atoms with van der Waals surface area (Å²) in [6, 6.07) is 5.56. The number of carbonyl (C=O) groups excluding carboxylic acids is 1. The van der Waals surface area contributed by atoms with Gasteiger partial charge in [-0.3, -0.25) is 9.36 Å². The number of aromatic nitrogens is 2. The summed E-state index contributed by atoms with van der Waals surface area (Å²) < 4.78 is 12.2. The Morgan fingerprint density at radius 3 is 2.72 bits per heavy atom. The van der Waals surface area contributed by atoms with Crippen LogP contribution in [0.15, 0.2) is 29.3 Å². The first-order valence-electron chi connectivity index (χ1n) is 10.3. The van der Waals surface area contributed by atoms with Crippen LogP contribution in [0.25, 0.3) is 10.9 Å². The first kappa shape index (κ1) is 19.7. The van der Waals surface area contributed by atoms with Gasteiger partial charge in [0.05, 0.1) is 24.3 Å². The van der Waals surface area contributed by atoms with Crippen LogP contribution in [0.4, 0.5) is 4.79 Å². The van der Waals surface area contributed by atoms with Crippen molar-refractivity contribution in [1.29, 1.82) is 0 Å². The maximum absolute atomic E-state index is 12.8. The van der Waals surface area contributed by atoms with E-state index >= 15 is 0 Å². The fraction of sp³-hybridized carbons (Fsp3) is 0.571. The van der Waals surface area contributed by atoms with E-state index in [1.54, 1.807) is 36.2 Å². The molecule has 0 radical (unpaired) electrons. The van der Waals surface area contributed by atoms with Gasteiger partial charge in [0.1, 0.15) is 5.75 Å². The summed E-state index contributed by atoms with van der Waals surface area (Å²) in [5.41, 5.74) is 0.613. The molecular weight excluding hydrogens is 372 g/mol. The van der Waals surface area contributed by atoms with E-state index in [2.05, 4.69) is 10.3 Å². The van der Waals surface area contributed by atoms with Crippen LogP contribution in [0.5, 0.6) is 5.75 Å². The molecular formula is C21H28N4O4. The number of hydrogen-bond acceptors (Lipinski definition) is 5. The number of hydrogen-bond donors (Lipinski definition) is 1. The van der Waals surface area contributed by atoms with E-state index in [4.69, 9.17) is 9.47 Å². The van der Waals surface area contributed by atoms with Gasteiger partial charge in [0, 0.05) is 45.0 Å². The first-order chi connectivity index (χ1) is 14.1. The highest BCUT2D eigenvalue weighted by atomic mass is 16.5. The normalized spacial score (nSPS) is 18.7. The summed E-state index contributed by atoms with van der Waals surface area (Å²) in [6.45, 7) is 3.49. The van der Waals surface area contributed by atoms with Crippen LogP contribution in [-0.4, -0.2) is 59.9 Å². The molecule has 2 amide bonds. The number of likely N-dealkylation sites (tertiary alicyclic amines) is 1. The van der Waals surface area contributed by atoms with Crippen LogP contribution in [0.2, 0.25) is 0 Å². The number of urea groups is 1. The average Bonchev–Trinajstić information content (AvgIpc) is 2.76. The second-order valence-corrected chi connectivity index (χ2v) is 7.85. The van der Waals surface area contributed by atoms with Crippen molar-refractivity contribution in [3.05, 3.63) is 34.9 Å². The number of fused-ring (bicyclic) bond motifs is 1. The Hall–Kier alpha value is -2.61. The number of rotatable bonds is 4. The van der Waals surface area contributed by atoms with Gasteiger partial charge in [0.2, 0.25) is 0 Å². The van der Waals surface area contributed by atoms with Gasteiger partial charge in [0.15, 0.2) is 0 Å². The number of nitrogens with zero attached hydrogens (tertiary/aromatic N) is 3. The van der Waals surface area contributed by atoms with Crippen LogP contribution >= 0.6 is 0 Å². The van der Waals surface area contributed by atoms with Crippen molar-refractivity contribution in [3.63, 3.8) is 0 Å². The SMILES string of the molecule is COc1ccc2c(=O)n(CC3CCN(C(=O)NC4CCOCC4)CC3)cnc2c1. The Balaban J connectivity index is 1.34. The van der Waals surface area contributed by atoms with Crippen molar-refractivity contribution >= 4 is 16.9 Å². The average molecular weight is 400 g/mol. The van der Waals surface area contributed by atoms with E-state index in [0.717, 1.165) is 25.7 Å². The molecule has 2 aromatic rings. The number of methoxy groups -OCH3 is 1. The molecule has 2 fully saturated rings. The van der Waals surface area contributed by atoms with Crippen LogP contribution in [0, 0.1) is 5.92 Å². The molecule has 0 bridgehead atoms. The van der Waals surface area contributed by atoms with Gasteiger partial charge < -0.3 is 19.7 Å². The molecule has 29 heavy (non-hydrogen) atoms. The fourth-order valence-electron chi connectivity index (χ4n) is 4.10. The zero-order valence-electron chi connectivity index (χ0n) is 16.8. The lowest BCUT2D eigenvalue weighted by atomic mass is 9.97. The van der Waals surface area contributed by atoms with Crippen molar-refractivity contribution < 1.29 is 14.3 Å². The second-order valence-electron chi connectivity index (χ2n) is 7.85. The van der Waals surface area contributed by atoms with Crippen LogP contribution < -0.4 is 15.6 Å². The van der Waals surface area contributed by atoms with Crippen molar-refractivity contribution in [3.8, 4) is 5.75 Å². The van der Waals surface area contributed by atoms with Gasteiger partial charge in [-0.25, -0.2) is 9.78 Å². The molecule has 2 aliphatic heterocycles. The lowest BCUT2D eigenvalue weighted by molar-refractivity contribution is 0.0770. The molecule has 8 nitrogen and oxygen atoms in total. The fourth-order valence-corrected chi connectivity index (χ4v) is 4.10. The predicted octanol–water partition coefficient (Wildman–Crippen LogP) is 2.01. The number of benzene rings is 1. The monoisotopic (exact) mass is 400 g/mol. The molecule has 0 atom stereocenters. The zero-order valence-corrected chi connectivity index (χ0v) is 16.8. The van der Waals surface area contributed by atoms with Gasteiger partial charge in [0.25, 0.3) is 5.56 Å². The van der Waals surface area contributed by atoms with Crippen molar-refractivity contribution in [2.75, 3.05) is 33.4 Å². The van der Waals surface area contributed by atoms with Gasteiger partial charge in [-0.1, -0.05) is 0 Å². The maximum atomic E-state index is 12.8. The van der Waals surface area contributed by atoms with E-state index in [9.17, 15) is 9.59 Å². The Kier molecular flexibility index (Phi) is 5.99. The van der Waals surface area contributed by atoms with Crippen molar-refractivity contribution in [1.82, 2.24) is 19.8 Å². The summed E-state index contributed by atoms with van der Waals surface area (Å²) >= 11 is 0. The molecule has 1 aromatic carbocycles. The van der Waals surface area contributed by atoms with E-state index < -0.39 is 0 Å². The molecule has 1 N–H and O–H groups in total. The van der Waals surface area contributed by atoms with Crippen molar-refractivity contribution in [2.24, 2.45) is 5.92 Å². The van der Waals surface area contributed by atoms with Gasteiger partial charge in [-0.05, 0) is 43.7 Å². The molecule has 156 valence electrons. The topological polar surface area (TPSA) is 85.7 Å². The molecule has 2 aliphatic rings. The summed E-state index contributed by atoms with van der Waals surface area (Å²) in [6.07, 6.45) is 5.15. The first-order valence-corrected chi connectivity index (χ1v) is 10.3. The molecule has 1 aromatic heterocycles. The Morgan fingerprint density at radius 1 is 1.24 bits per heavy atom. The predicted molar refractivity (Wildman–Crippen MR) is 109 cm³/mol. The van der Waals surface area contributed by atoms with Gasteiger partial charge >= 0.3 is 6.03 Å². The Morgan fingerprint density at radius 2 is 2.00 bits per heavy atom. The molecule has 0 saturated carbocycles. The molecule has 0 spiro atoms. The number of carbonyl (C=O) groups is 1. The minimum absolute atomic E-state index is 0.0221. The van der Waals surface area contributed by atoms with E-state index in [1.165, 1.54) is 0 Å². The van der Waals surface area contributed by atoms with Crippen LogP contribution in [0.3, 0.4) is 0 Å². The second kappa shape index (κ2) is 8.82. The molecule has 0 aliphatic carbocycles. The molecule has 2 saturated heterocycles. The van der Waals surface area contributed by atoms with E-state index in [1.807, 2.05) is 4.90 Å². The summed E-state index contributed by atoms with van der Waals surface area (Å²) in [4.78, 5) is 31.6. The lowest BCUT2D eigenvalue weighted by Gasteiger charge is -2.34. The highest BCUT2D eigenvalue weighted by molar-refractivity contribution is 5.78. The molecule has 0 unspecified atom stereocenters. The molecule has 3 heterocycles. The van der Waals surface area contributed by atoms with Crippen molar-refractivity contribution in [2.45, 2.75) is 38.3 Å². The number of nitrogens with one attached hydrogen (secondary N) is 1. The third-order valence-electron chi connectivity index (χ3n) is 5.94. The summed E-state index contributed by atoms with van der Waals surface area (Å²) in [5, 5.41) is 3.72. The molecule has 4 rings (SSSR count). The highest BCUT2D eigenvalue weighted by Gasteiger charge is 2.25. The Bertz CT molecular complexity index is 915. The summed E-state index contributed by atoms with van der Waals surface area (Å²) in [5.74, 6) is 1.05. The zero-order chi connectivity index (χ0) is 20.2. The minimum Gasteiger partial charge on any atom is -0.497 e. The van der Waals surface area contributed by atoms with Crippen LogP contribution in [-0.2, 0) is 11.3 Å². The van der Waals surface area contributed by atoms with E-state index in [-0.39, 0.29) is 17.6 Å². The van der Waals surface area contributed by atoms with Gasteiger partial charge in [-0.2, -0.15) is 0 Å². The molecule has 8 heteroatoms. The quantitative estimate of drug-likeness (QED) is 0.849. The number of amides is 2. The van der Waals surface area contributed by atoms with E-state index in [0.29, 0.717) is 55.4 Å². The van der Waals surface area contributed by atoms with Crippen LogP contribution in [0.1, 0.15) is 25.7 Å². The summed E-state index contributed by atoms with van der Waals surface area (Å²) in [7, 11) is 1.60. The standard InChI is InChI=1S/C21H28N4O4/c1-28-17-2-3-18-19(12-17)22-14-25(20(18)26)13-15-4-8-24(9-5-15)21(27)23-16-6-10-29-11-7-16/h2-3,12,14-16H,4-11,13H2,1H3,(H,23,27). The largest absolute Gasteiger partial charge is 0.497 e. The minimum atomic E-state index is -0.0302. The number of piperidine rings is 1. The third kappa shape index (κ3) is 4.53. The lowest BCUT2D eigenvalue weighted by Crippen LogP contribution is -2.49. The highest BCUT2D eigenvalue weighted by Crippen LogP contribution is 2.20. The maximum Gasteiger partial charge on any atom is 0.317 e. The Labute approximate surface area is 169 Å². The smallest absolute Gasteiger partial charge is 0.317 e. The third-order valence-corrected chi connectivity index (χ3v) is 5.94. The van der Waals surface area contributed by atoms with Gasteiger partial charge in [-0.15, -0.1) is 0 Å². The number of ether oxygens (including phenoxy) is 2.